The van der Waals surface area contributed by atoms with E-state index in [1.54, 1.807) is 18.0 Å². The van der Waals surface area contributed by atoms with Crippen molar-refractivity contribution >= 4 is 11.6 Å². The van der Waals surface area contributed by atoms with Gasteiger partial charge in [-0.05, 0) is 42.2 Å². The molecule has 108 valence electrons. The van der Waals surface area contributed by atoms with Crippen LogP contribution in [0.1, 0.15) is 33.9 Å². The first-order chi connectivity index (χ1) is 10.1. The average molecular weight is 284 g/mol. The van der Waals surface area contributed by atoms with Crippen LogP contribution in [0.15, 0.2) is 42.5 Å². The highest BCUT2D eigenvalue weighted by Gasteiger charge is 2.29. The second kappa shape index (κ2) is 5.20. The largest absolute Gasteiger partial charge is 0.399 e. The Morgan fingerprint density at radius 1 is 1.29 bits per heavy atom. The van der Waals surface area contributed by atoms with Crippen molar-refractivity contribution in [2.45, 2.75) is 18.9 Å². The van der Waals surface area contributed by atoms with Gasteiger partial charge in [0.2, 0.25) is 0 Å². The van der Waals surface area contributed by atoms with Gasteiger partial charge >= 0.3 is 0 Å². The van der Waals surface area contributed by atoms with Crippen LogP contribution < -0.4 is 5.73 Å². The Hall–Kier alpha value is -2.36. The summed E-state index contributed by atoms with van der Waals surface area (Å²) in [7, 11) is 1.73. The summed E-state index contributed by atoms with van der Waals surface area (Å²) < 4.78 is 13.9. The molecule has 1 aliphatic rings. The maximum atomic E-state index is 13.9. The Labute approximate surface area is 123 Å². The van der Waals surface area contributed by atoms with Gasteiger partial charge in [-0.25, -0.2) is 4.39 Å². The van der Waals surface area contributed by atoms with Gasteiger partial charge in [0.05, 0.1) is 11.6 Å². The standard InChI is InChI=1S/C17H17FN2O/c1-20(16-9-6-11-4-2-3-5-13(11)16)17(21)14-8-7-12(19)10-15(14)18/h2-5,7-8,10,16H,6,9,19H2,1H3. The van der Waals surface area contributed by atoms with Crippen molar-refractivity contribution in [1.29, 1.82) is 0 Å². The maximum Gasteiger partial charge on any atom is 0.257 e. The number of fused-ring (bicyclic) bond motifs is 1. The number of aryl methyl sites for hydroxylation is 1. The van der Waals surface area contributed by atoms with E-state index >= 15 is 0 Å². The Bertz CT molecular complexity index is 699. The topological polar surface area (TPSA) is 46.3 Å². The molecule has 1 amide bonds. The molecule has 4 heteroatoms. The maximum absolute atomic E-state index is 13.9. The number of carbonyl (C=O) groups is 1. The highest BCUT2D eigenvalue weighted by molar-refractivity contribution is 5.95. The van der Waals surface area contributed by atoms with E-state index in [0.717, 1.165) is 18.4 Å². The number of hydrogen-bond donors (Lipinski definition) is 1. The Morgan fingerprint density at radius 2 is 2.05 bits per heavy atom. The van der Waals surface area contributed by atoms with Crippen LogP contribution in [-0.2, 0) is 6.42 Å². The molecular weight excluding hydrogens is 267 g/mol. The van der Waals surface area contributed by atoms with Gasteiger partial charge in [0.1, 0.15) is 5.82 Å². The molecule has 2 aromatic carbocycles. The lowest BCUT2D eigenvalue weighted by atomic mass is 10.1. The van der Waals surface area contributed by atoms with Crippen LogP contribution in [0, 0.1) is 5.82 Å². The van der Waals surface area contributed by atoms with E-state index in [-0.39, 0.29) is 17.5 Å². The molecule has 21 heavy (non-hydrogen) atoms. The minimum absolute atomic E-state index is 0.00523. The van der Waals surface area contributed by atoms with E-state index in [4.69, 9.17) is 5.73 Å². The first kappa shape index (κ1) is 13.6. The van der Waals surface area contributed by atoms with Gasteiger partial charge in [-0.15, -0.1) is 0 Å². The molecular formula is C17H17FN2O. The number of hydrogen-bond acceptors (Lipinski definition) is 2. The summed E-state index contributed by atoms with van der Waals surface area (Å²) >= 11 is 0. The molecule has 0 aromatic heterocycles. The van der Waals surface area contributed by atoms with Crippen LogP contribution in [-0.4, -0.2) is 17.9 Å². The van der Waals surface area contributed by atoms with E-state index in [1.807, 2.05) is 18.2 Å². The van der Waals surface area contributed by atoms with Crippen molar-refractivity contribution in [3.05, 3.63) is 65.0 Å². The number of carbonyl (C=O) groups excluding carboxylic acids is 1. The van der Waals surface area contributed by atoms with Crippen molar-refractivity contribution < 1.29 is 9.18 Å². The van der Waals surface area contributed by atoms with E-state index in [2.05, 4.69) is 6.07 Å². The van der Waals surface area contributed by atoms with Gasteiger partial charge in [-0.2, -0.15) is 0 Å². The van der Waals surface area contributed by atoms with Crippen molar-refractivity contribution in [3.8, 4) is 0 Å². The lowest BCUT2D eigenvalue weighted by Gasteiger charge is -2.25. The number of amides is 1. The van der Waals surface area contributed by atoms with Crippen molar-refractivity contribution in [1.82, 2.24) is 4.90 Å². The van der Waals surface area contributed by atoms with Crippen LogP contribution in [0.4, 0.5) is 10.1 Å². The number of halogens is 1. The Morgan fingerprint density at radius 3 is 2.81 bits per heavy atom. The first-order valence-corrected chi connectivity index (χ1v) is 6.98. The summed E-state index contributed by atoms with van der Waals surface area (Å²) in [5.41, 5.74) is 8.33. The van der Waals surface area contributed by atoms with Gasteiger partial charge in [-0.3, -0.25) is 4.79 Å². The van der Waals surface area contributed by atoms with Crippen molar-refractivity contribution in [2.75, 3.05) is 12.8 Å². The minimum Gasteiger partial charge on any atom is -0.399 e. The highest BCUT2D eigenvalue weighted by atomic mass is 19.1. The van der Waals surface area contributed by atoms with Crippen LogP contribution in [0.2, 0.25) is 0 Å². The molecule has 0 saturated carbocycles. The fourth-order valence-corrected chi connectivity index (χ4v) is 2.97. The van der Waals surface area contributed by atoms with E-state index < -0.39 is 5.82 Å². The summed E-state index contributed by atoms with van der Waals surface area (Å²) in [4.78, 5) is 14.1. The molecule has 0 spiro atoms. The zero-order chi connectivity index (χ0) is 15.0. The smallest absolute Gasteiger partial charge is 0.257 e. The molecule has 1 atom stereocenters. The predicted octanol–water partition coefficient (Wildman–Crippen LogP) is 3.17. The quantitative estimate of drug-likeness (QED) is 0.861. The van der Waals surface area contributed by atoms with E-state index in [9.17, 15) is 9.18 Å². The zero-order valence-corrected chi connectivity index (χ0v) is 11.8. The lowest BCUT2D eigenvalue weighted by Crippen LogP contribution is -2.30. The minimum atomic E-state index is -0.571. The summed E-state index contributed by atoms with van der Waals surface area (Å²) in [6.45, 7) is 0. The number of nitrogen functional groups attached to an aromatic ring is 1. The molecule has 1 unspecified atom stereocenters. The molecule has 0 heterocycles. The monoisotopic (exact) mass is 284 g/mol. The van der Waals surface area contributed by atoms with Gasteiger partial charge in [0.25, 0.3) is 5.91 Å². The van der Waals surface area contributed by atoms with Gasteiger partial charge in [-0.1, -0.05) is 24.3 Å². The second-order valence-corrected chi connectivity index (χ2v) is 5.41. The molecule has 3 nitrogen and oxygen atoms in total. The van der Waals surface area contributed by atoms with Crippen LogP contribution in [0.5, 0.6) is 0 Å². The molecule has 0 radical (unpaired) electrons. The summed E-state index contributed by atoms with van der Waals surface area (Å²) in [6, 6.07) is 12.3. The molecule has 0 aliphatic heterocycles. The molecule has 0 fully saturated rings. The highest BCUT2D eigenvalue weighted by Crippen LogP contribution is 2.35. The summed E-state index contributed by atoms with van der Waals surface area (Å²) in [5, 5.41) is 0. The molecule has 2 N–H and O–H groups in total. The third-order valence-corrected chi connectivity index (χ3v) is 4.11. The normalized spacial score (nSPS) is 16.6. The fraction of sp³-hybridized carbons (Fsp3) is 0.235. The lowest BCUT2D eigenvalue weighted by molar-refractivity contribution is 0.0726. The van der Waals surface area contributed by atoms with E-state index in [0.29, 0.717) is 5.69 Å². The van der Waals surface area contributed by atoms with E-state index in [1.165, 1.54) is 17.7 Å². The molecule has 0 saturated heterocycles. The van der Waals surface area contributed by atoms with Crippen molar-refractivity contribution in [3.63, 3.8) is 0 Å². The van der Waals surface area contributed by atoms with Crippen LogP contribution >= 0.6 is 0 Å². The fourth-order valence-electron chi connectivity index (χ4n) is 2.97. The third-order valence-electron chi connectivity index (χ3n) is 4.11. The van der Waals surface area contributed by atoms with Gasteiger partial charge in [0.15, 0.2) is 0 Å². The van der Waals surface area contributed by atoms with Crippen molar-refractivity contribution in [2.24, 2.45) is 0 Å². The number of rotatable bonds is 2. The summed E-state index contributed by atoms with van der Waals surface area (Å²) in [5.74, 6) is -0.882. The SMILES string of the molecule is CN(C(=O)c1ccc(N)cc1F)C1CCc2ccccc21. The Kier molecular flexibility index (Phi) is 3.37. The van der Waals surface area contributed by atoms with Gasteiger partial charge < -0.3 is 10.6 Å². The zero-order valence-electron chi connectivity index (χ0n) is 11.8. The van der Waals surface area contributed by atoms with Crippen LogP contribution in [0.25, 0.3) is 0 Å². The molecule has 2 aromatic rings. The number of benzene rings is 2. The average Bonchev–Trinajstić information content (AvgIpc) is 2.90. The number of nitrogens with zero attached hydrogens (tertiary/aromatic N) is 1. The molecule has 1 aliphatic carbocycles. The second-order valence-electron chi connectivity index (χ2n) is 5.41. The van der Waals surface area contributed by atoms with Gasteiger partial charge in [0, 0.05) is 12.7 Å². The molecule has 0 bridgehead atoms. The predicted molar refractivity (Wildman–Crippen MR) is 80.4 cm³/mol. The molecule has 3 rings (SSSR count). The number of anilines is 1. The number of nitrogens with two attached hydrogens (primary N) is 1. The third kappa shape index (κ3) is 2.37. The first-order valence-electron chi connectivity index (χ1n) is 6.98. The summed E-state index contributed by atoms with van der Waals surface area (Å²) in [6.07, 6.45) is 1.82. The van der Waals surface area contributed by atoms with Crippen LogP contribution in [0.3, 0.4) is 0 Å². The Balaban J connectivity index is 1.89.